The molecule has 0 saturated carbocycles. The van der Waals surface area contributed by atoms with Gasteiger partial charge in [-0.2, -0.15) is 0 Å². The molecule has 2 nitrogen and oxygen atoms in total. The molecule has 1 aromatic carbocycles. The predicted molar refractivity (Wildman–Crippen MR) is 74.6 cm³/mol. The van der Waals surface area contributed by atoms with Crippen LogP contribution in [0, 0.1) is 20.8 Å². The van der Waals surface area contributed by atoms with E-state index in [4.69, 9.17) is 4.42 Å². The number of aryl methyl sites for hydroxylation is 3. The summed E-state index contributed by atoms with van der Waals surface area (Å²) < 4.78 is 5.39. The van der Waals surface area contributed by atoms with Gasteiger partial charge >= 0.3 is 0 Å². The van der Waals surface area contributed by atoms with E-state index in [-0.39, 0.29) is 6.04 Å². The second-order valence-corrected chi connectivity index (χ2v) is 4.98. The van der Waals surface area contributed by atoms with Gasteiger partial charge in [0.05, 0.1) is 12.3 Å². The van der Waals surface area contributed by atoms with E-state index in [1.54, 1.807) is 6.26 Å². The van der Waals surface area contributed by atoms with Crippen LogP contribution in [0.4, 0.5) is 0 Å². The summed E-state index contributed by atoms with van der Waals surface area (Å²) in [6.07, 6.45) is 1.72. The molecule has 0 amide bonds. The largest absolute Gasteiger partial charge is 0.468 e. The fourth-order valence-electron chi connectivity index (χ4n) is 2.11. The standard InChI is InChI=1S/C16H21NO/c1-11-8-13(3)15(9-12(11)2)10-17-14(4)16-6-5-7-18-16/h5-9,14,17H,10H2,1-4H3/t14-/m1/s1. The molecule has 0 aliphatic carbocycles. The van der Waals surface area contributed by atoms with Crippen LogP contribution in [0.3, 0.4) is 0 Å². The number of hydrogen-bond acceptors (Lipinski definition) is 2. The van der Waals surface area contributed by atoms with Crippen LogP contribution in [-0.4, -0.2) is 0 Å². The molecule has 18 heavy (non-hydrogen) atoms. The van der Waals surface area contributed by atoms with E-state index in [9.17, 15) is 0 Å². The molecule has 96 valence electrons. The van der Waals surface area contributed by atoms with Gasteiger partial charge in [0.2, 0.25) is 0 Å². The smallest absolute Gasteiger partial charge is 0.120 e. The van der Waals surface area contributed by atoms with Gasteiger partial charge in [0, 0.05) is 6.54 Å². The van der Waals surface area contributed by atoms with Crippen LogP contribution in [0.15, 0.2) is 34.9 Å². The summed E-state index contributed by atoms with van der Waals surface area (Å²) in [6.45, 7) is 9.48. The molecule has 0 spiro atoms. The molecule has 0 bridgehead atoms. The summed E-state index contributed by atoms with van der Waals surface area (Å²) in [5, 5.41) is 3.50. The lowest BCUT2D eigenvalue weighted by molar-refractivity contribution is 0.430. The fraction of sp³-hybridized carbons (Fsp3) is 0.375. The zero-order chi connectivity index (χ0) is 13.1. The van der Waals surface area contributed by atoms with Crippen molar-refractivity contribution in [2.45, 2.75) is 40.3 Å². The molecule has 2 heteroatoms. The van der Waals surface area contributed by atoms with E-state index in [2.05, 4.69) is 45.1 Å². The van der Waals surface area contributed by atoms with Crippen LogP contribution < -0.4 is 5.32 Å². The molecule has 2 aromatic rings. The molecule has 1 atom stereocenters. The second-order valence-electron chi connectivity index (χ2n) is 4.98. The molecule has 0 saturated heterocycles. The van der Waals surface area contributed by atoms with Crippen molar-refractivity contribution in [3.8, 4) is 0 Å². The normalized spacial score (nSPS) is 12.7. The summed E-state index contributed by atoms with van der Waals surface area (Å²) in [4.78, 5) is 0. The van der Waals surface area contributed by atoms with Crippen LogP contribution >= 0.6 is 0 Å². The summed E-state index contributed by atoms with van der Waals surface area (Å²) >= 11 is 0. The van der Waals surface area contributed by atoms with Crippen LogP contribution in [0.2, 0.25) is 0 Å². The Morgan fingerprint density at radius 3 is 2.50 bits per heavy atom. The van der Waals surface area contributed by atoms with E-state index in [1.165, 1.54) is 22.3 Å². The quantitative estimate of drug-likeness (QED) is 0.876. The van der Waals surface area contributed by atoms with Crippen molar-refractivity contribution in [3.05, 3.63) is 58.5 Å². The summed E-state index contributed by atoms with van der Waals surface area (Å²) in [7, 11) is 0. The van der Waals surface area contributed by atoms with E-state index in [1.807, 2.05) is 12.1 Å². The van der Waals surface area contributed by atoms with Crippen molar-refractivity contribution in [2.24, 2.45) is 0 Å². The van der Waals surface area contributed by atoms with Crippen molar-refractivity contribution >= 4 is 0 Å². The van der Waals surface area contributed by atoms with Crippen LogP contribution in [0.1, 0.15) is 41.0 Å². The van der Waals surface area contributed by atoms with Crippen molar-refractivity contribution in [1.82, 2.24) is 5.32 Å². The number of hydrogen-bond donors (Lipinski definition) is 1. The lowest BCUT2D eigenvalue weighted by Crippen LogP contribution is -2.18. The Bertz CT molecular complexity index is 514. The zero-order valence-corrected chi connectivity index (χ0v) is 11.6. The number of rotatable bonds is 4. The molecule has 0 unspecified atom stereocenters. The molecular weight excluding hydrogens is 222 g/mol. The minimum absolute atomic E-state index is 0.237. The van der Waals surface area contributed by atoms with Gasteiger partial charge in [0.25, 0.3) is 0 Å². The van der Waals surface area contributed by atoms with Gasteiger partial charge in [-0.25, -0.2) is 0 Å². The van der Waals surface area contributed by atoms with Gasteiger partial charge in [0.1, 0.15) is 5.76 Å². The highest BCUT2D eigenvalue weighted by molar-refractivity contribution is 5.36. The SMILES string of the molecule is Cc1cc(C)c(CN[C@H](C)c2ccco2)cc1C. The van der Waals surface area contributed by atoms with Crippen molar-refractivity contribution in [1.29, 1.82) is 0 Å². The Morgan fingerprint density at radius 2 is 1.83 bits per heavy atom. The highest BCUT2D eigenvalue weighted by Crippen LogP contribution is 2.17. The first kappa shape index (κ1) is 12.9. The van der Waals surface area contributed by atoms with E-state index >= 15 is 0 Å². The number of furan rings is 1. The molecule has 0 fully saturated rings. The van der Waals surface area contributed by atoms with E-state index in [0.29, 0.717) is 0 Å². The molecular formula is C16H21NO. The van der Waals surface area contributed by atoms with Gasteiger partial charge in [0.15, 0.2) is 0 Å². The average molecular weight is 243 g/mol. The lowest BCUT2D eigenvalue weighted by atomic mass is 10.0. The first-order valence-electron chi connectivity index (χ1n) is 6.41. The van der Waals surface area contributed by atoms with Crippen LogP contribution in [0.25, 0.3) is 0 Å². The molecule has 1 N–H and O–H groups in total. The third-order valence-electron chi connectivity index (χ3n) is 3.52. The second kappa shape index (κ2) is 5.40. The summed E-state index contributed by atoms with van der Waals surface area (Å²) in [5.41, 5.74) is 5.41. The summed E-state index contributed by atoms with van der Waals surface area (Å²) in [6, 6.07) is 8.69. The summed E-state index contributed by atoms with van der Waals surface area (Å²) in [5.74, 6) is 0.983. The Morgan fingerprint density at radius 1 is 1.11 bits per heavy atom. The number of benzene rings is 1. The van der Waals surface area contributed by atoms with E-state index in [0.717, 1.165) is 12.3 Å². The Labute approximate surface area is 109 Å². The molecule has 2 rings (SSSR count). The topological polar surface area (TPSA) is 25.2 Å². The van der Waals surface area contributed by atoms with Gasteiger partial charge in [-0.15, -0.1) is 0 Å². The van der Waals surface area contributed by atoms with Crippen molar-refractivity contribution < 1.29 is 4.42 Å². The van der Waals surface area contributed by atoms with Gasteiger partial charge in [-0.1, -0.05) is 12.1 Å². The Kier molecular flexibility index (Phi) is 3.87. The first-order chi connectivity index (χ1) is 8.58. The maximum atomic E-state index is 5.39. The zero-order valence-electron chi connectivity index (χ0n) is 11.6. The first-order valence-corrected chi connectivity index (χ1v) is 6.41. The van der Waals surface area contributed by atoms with Crippen molar-refractivity contribution in [2.75, 3.05) is 0 Å². The molecule has 1 heterocycles. The van der Waals surface area contributed by atoms with E-state index < -0.39 is 0 Å². The monoisotopic (exact) mass is 243 g/mol. The van der Waals surface area contributed by atoms with Gasteiger partial charge < -0.3 is 9.73 Å². The third-order valence-corrected chi connectivity index (χ3v) is 3.52. The Balaban J connectivity index is 2.04. The molecule has 0 radical (unpaired) electrons. The molecule has 1 aromatic heterocycles. The molecule has 0 aliphatic rings. The van der Waals surface area contributed by atoms with Gasteiger partial charge in [-0.05, 0) is 62.1 Å². The maximum Gasteiger partial charge on any atom is 0.120 e. The predicted octanol–water partition coefficient (Wildman–Crippen LogP) is 4.06. The minimum atomic E-state index is 0.237. The lowest BCUT2D eigenvalue weighted by Gasteiger charge is -2.14. The highest BCUT2D eigenvalue weighted by atomic mass is 16.3. The van der Waals surface area contributed by atoms with Crippen molar-refractivity contribution in [3.63, 3.8) is 0 Å². The van der Waals surface area contributed by atoms with Gasteiger partial charge in [-0.3, -0.25) is 0 Å². The number of nitrogens with one attached hydrogen (secondary N) is 1. The maximum absolute atomic E-state index is 5.39. The Hall–Kier alpha value is -1.54. The van der Waals surface area contributed by atoms with Crippen LogP contribution in [-0.2, 0) is 6.54 Å². The highest BCUT2D eigenvalue weighted by Gasteiger charge is 2.08. The molecule has 0 aliphatic heterocycles. The fourth-order valence-corrected chi connectivity index (χ4v) is 2.11. The average Bonchev–Trinajstić information content (AvgIpc) is 2.85. The van der Waals surface area contributed by atoms with Crippen LogP contribution in [0.5, 0.6) is 0 Å². The third kappa shape index (κ3) is 2.82. The minimum Gasteiger partial charge on any atom is -0.468 e.